The number of carbonyl (C=O) groups is 1. The molecule has 1 aliphatic heterocycles. The lowest BCUT2D eigenvalue weighted by Gasteiger charge is -2.25. The molecule has 0 amide bonds. The second-order valence-corrected chi connectivity index (χ2v) is 6.50. The number of nitrogens with zero attached hydrogens (tertiary/aromatic N) is 1. The predicted octanol–water partition coefficient (Wildman–Crippen LogP) is 2.99. The van der Waals surface area contributed by atoms with E-state index < -0.39 is 5.97 Å². The molecule has 3 unspecified atom stereocenters. The van der Waals surface area contributed by atoms with Gasteiger partial charge in [-0.05, 0) is 49.7 Å². The summed E-state index contributed by atoms with van der Waals surface area (Å²) in [5.74, 6) is 0.337. The zero-order valence-corrected chi connectivity index (χ0v) is 12.3. The van der Waals surface area contributed by atoms with Crippen molar-refractivity contribution < 1.29 is 9.90 Å². The van der Waals surface area contributed by atoms with Crippen LogP contribution in [0.2, 0.25) is 0 Å². The number of fused-ring (bicyclic) bond motifs is 1. The minimum atomic E-state index is -0.635. The van der Waals surface area contributed by atoms with Crippen molar-refractivity contribution in [1.29, 1.82) is 0 Å². The molecule has 2 aliphatic rings. The van der Waals surface area contributed by atoms with Crippen LogP contribution in [0.5, 0.6) is 0 Å². The van der Waals surface area contributed by atoms with Crippen LogP contribution >= 0.6 is 0 Å². The van der Waals surface area contributed by atoms with E-state index in [4.69, 9.17) is 0 Å². The van der Waals surface area contributed by atoms with Crippen LogP contribution in [0.1, 0.15) is 36.0 Å². The Morgan fingerprint density at radius 2 is 2.15 bits per heavy atom. The van der Waals surface area contributed by atoms with Crippen LogP contribution in [0.3, 0.4) is 0 Å². The highest BCUT2D eigenvalue weighted by atomic mass is 16.4. The summed E-state index contributed by atoms with van der Waals surface area (Å²) in [6.07, 6.45) is 3.50. The van der Waals surface area contributed by atoms with Gasteiger partial charge in [0.15, 0.2) is 0 Å². The maximum atomic E-state index is 11.7. The fourth-order valence-electron chi connectivity index (χ4n) is 4.09. The molecular weight excluding hydrogens is 250 g/mol. The maximum absolute atomic E-state index is 11.7. The monoisotopic (exact) mass is 273 g/mol. The van der Waals surface area contributed by atoms with Crippen LogP contribution in [-0.4, -0.2) is 28.6 Å². The third-order valence-electron chi connectivity index (χ3n) is 5.12. The van der Waals surface area contributed by atoms with Crippen molar-refractivity contribution in [3.05, 3.63) is 34.9 Å². The maximum Gasteiger partial charge on any atom is 0.321 e. The van der Waals surface area contributed by atoms with E-state index in [1.807, 2.05) is 0 Å². The first kappa shape index (κ1) is 13.6. The second kappa shape index (κ2) is 5.21. The van der Waals surface area contributed by atoms with Crippen LogP contribution in [0.15, 0.2) is 18.2 Å². The SMILES string of the molecule is Cc1ccc(C)c(CN2CC3CCCC3C2C(=O)O)c1. The Morgan fingerprint density at radius 1 is 1.35 bits per heavy atom. The Morgan fingerprint density at radius 3 is 2.90 bits per heavy atom. The Kier molecular flexibility index (Phi) is 3.55. The molecule has 3 atom stereocenters. The van der Waals surface area contributed by atoms with Crippen LogP contribution in [-0.2, 0) is 11.3 Å². The quantitative estimate of drug-likeness (QED) is 0.920. The minimum Gasteiger partial charge on any atom is -0.480 e. The van der Waals surface area contributed by atoms with E-state index in [0.717, 1.165) is 19.5 Å². The zero-order chi connectivity index (χ0) is 14.3. The molecular formula is C17H23NO2. The first-order valence-electron chi connectivity index (χ1n) is 7.59. The summed E-state index contributed by atoms with van der Waals surface area (Å²) < 4.78 is 0. The van der Waals surface area contributed by atoms with Crippen LogP contribution in [0.4, 0.5) is 0 Å². The molecule has 20 heavy (non-hydrogen) atoms. The molecule has 3 rings (SSSR count). The second-order valence-electron chi connectivity index (χ2n) is 6.50. The minimum absolute atomic E-state index is 0.276. The van der Waals surface area contributed by atoms with Crippen molar-refractivity contribution in [2.45, 2.75) is 45.7 Å². The lowest BCUT2D eigenvalue weighted by atomic mass is 9.94. The summed E-state index contributed by atoms with van der Waals surface area (Å²) in [6.45, 7) is 5.93. The summed E-state index contributed by atoms with van der Waals surface area (Å²) >= 11 is 0. The summed E-state index contributed by atoms with van der Waals surface area (Å²) in [4.78, 5) is 13.8. The molecule has 1 saturated carbocycles. The Balaban J connectivity index is 1.82. The van der Waals surface area contributed by atoms with Gasteiger partial charge in [0.05, 0.1) is 0 Å². The van der Waals surface area contributed by atoms with Gasteiger partial charge in [-0.25, -0.2) is 0 Å². The normalized spacial score (nSPS) is 29.6. The summed E-state index contributed by atoms with van der Waals surface area (Å²) in [6, 6.07) is 6.17. The zero-order valence-electron chi connectivity index (χ0n) is 12.3. The van der Waals surface area contributed by atoms with E-state index in [0.29, 0.717) is 11.8 Å². The molecule has 3 nitrogen and oxygen atoms in total. The smallest absolute Gasteiger partial charge is 0.321 e. The molecule has 1 N–H and O–H groups in total. The number of carboxylic acids is 1. The number of rotatable bonds is 3. The van der Waals surface area contributed by atoms with Crippen molar-refractivity contribution in [3.63, 3.8) is 0 Å². The fourth-order valence-corrected chi connectivity index (χ4v) is 4.09. The van der Waals surface area contributed by atoms with Gasteiger partial charge in [0.1, 0.15) is 6.04 Å². The lowest BCUT2D eigenvalue weighted by molar-refractivity contribution is -0.143. The van der Waals surface area contributed by atoms with Gasteiger partial charge in [0, 0.05) is 13.1 Å². The third kappa shape index (κ3) is 2.35. The highest BCUT2D eigenvalue weighted by Crippen LogP contribution is 2.42. The number of likely N-dealkylation sites (tertiary alicyclic amines) is 1. The number of carboxylic acid groups (broad SMARTS) is 1. The van der Waals surface area contributed by atoms with Crippen molar-refractivity contribution in [2.75, 3.05) is 6.54 Å². The van der Waals surface area contributed by atoms with Crippen LogP contribution < -0.4 is 0 Å². The molecule has 1 heterocycles. The molecule has 1 aromatic carbocycles. The standard InChI is InChI=1S/C17H23NO2/c1-11-6-7-12(2)14(8-11)10-18-9-13-4-3-5-15(13)16(18)17(19)20/h6-8,13,15-16H,3-5,9-10H2,1-2H3,(H,19,20). The first-order valence-corrected chi connectivity index (χ1v) is 7.59. The highest BCUT2D eigenvalue weighted by Gasteiger charge is 2.47. The molecule has 1 aromatic rings. The highest BCUT2D eigenvalue weighted by molar-refractivity contribution is 5.74. The molecule has 0 bridgehead atoms. The molecule has 3 heteroatoms. The van der Waals surface area contributed by atoms with Gasteiger partial charge in [0.25, 0.3) is 0 Å². The third-order valence-corrected chi connectivity index (χ3v) is 5.12. The summed E-state index contributed by atoms with van der Waals surface area (Å²) in [5, 5.41) is 9.59. The number of aryl methyl sites for hydroxylation is 2. The van der Waals surface area contributed by atoms with Gasteiger partial charge in [-0.2, -0.15) is 0 Å². The van der Waals surface area contributed by atoms with Gasteiger partial charge >= 0.3 is 5.97 Å². The lowest BCUT2D eigenvalue weighted by Crippen LogP contribution is -2.39. The Hall–Kier alpha value is -1.35. The van der Waals surface area contributed by atoms with Gasteiger partial charge in [-0.15, -0.1) is 0 Å². The Labute approximate surface area is 120 Å². The molecule has 0 aromatic heterocycles. The van der Waals surface area contributed by atoms with E-state index in [9.17, 15) is 9.90 Å². The number of hydrogen-bond donors (Lipinski definition) is 1. The summed E-state index contributed by atoms with van der Waals surface area (Å²) in [7, 11) is 0. The first-order chi connectivity index (χ1) is 9.56. The van der Waals surface area contributed by atoms with Crippen molar-refractivity contribution in [3.8, 4) is 0 Å². The number of benzene rings is 1. The van der Waals surface area contributed by atoms with Gasteiger partial charge in [0.2, 0.25) is 0 Å². The average molecular weight is 273 g/mol. The van der Waals surface area contributed by atoms with E-state index in [1.165, 1.54) is 29.5 Å². The van der Waals surface area contributed by atoms with E-state index >= 15 is 0 Å². The molecule has 1 saturated heterocycles. The molecule has 0 spiro atoms. The average Bonchev–Trinajstić information content (AvgIpc) is 2.93. The van der Waals surface area contributed by atoms with E-state index in [2.05, 4.69) is 36.9 Å². The van der Waals surface area contributed by atoms with E-state index in [1.54, 1.807) is 0 Å². The van der Waals surface area contributed by atoms with Gasteiger partial charge < -0.3 is 5.11 Å². The van der Waals surface area contributed by atoms with Gasteiger partial charge in [-0.3, -0.25) is 9.69 Å². The van der Waals surface area contributed by atoms with Crippen LogP contribution in [0.25, 0.3) is 0 Å². The largest absolute Gasteiger partial charge is 0.480 e. The predicted molar refractivity (Wildman–Crippen MR) is 78.6 cm³/mol. The Bertz CT molecular complexity index is 526. The summed E-state index contributed by atoms with van der Waals surface area (Å²) in [5.41, 5.74) is 3.78. The fraction of sp³-hybridized carbons (Fsp3) is 0.588. The number of aliphatic carboxylic acids is 1. The molecule has 1 aliphatic carbocycles. The van der Waals surface area contributed by atoms with E-state index in [-0.39, 0.29) is 6.04 Å². The van der Waals surface area contributed by atoms with Gasteiger partial charge in [-0.1, -0.05) is 30.2 Å². The van der Waals surface area contributed by atoms with Crippen molar-refractivity contribution in [1.82, 2.24) is 4.90 Å². The van der Waals surface area contributed by atoms with Crippen molar-refractivity contribution >= 4 is 5.97 Å². The molecule has 0 radical (unpaired) electrons. The number of hydrogen-bond acceptors (Lipinski definition) is 2. The van der Waals surface area contributed by atoms with Crippen LogP contribution in [0, 0.1) is 25.7 Å². The topological polar surface area (TPSA) is 40.5 Å². The molecule has 2 fully saturated rings. The van der Waals surface area contributed by atoms with Crippen molar-refractivity contribution in [2.24, 2.45) is 11.8 Å². The molecule has 108 valence electrons.